The van der Waals surface area contributed by atoms with Gasteiger partial charge in [0.1, 0.15) is 12.4 Å². The van der Waals surface area contributed by atoms with E-state index in [1.165, 1.54) is 24.5 Å². The van der Waals surface area contributed by atoms with E-state index in [-0.39, 0.29) is 28.7 Å². The highest BCUT2D eigenvalue weighted by Crippen LogP contribution is 2.24. The van der Waals surface area contributed by atoms with E-state index in [1.54, 1.807) is 6.07 Å². The molecule has 0 radical (unpaired) electrons. The van der Waals surface area contributed by atoms with E-state index in [1.807, 2.05) is 31.2 Å². The number of nitrogens with one attached hydrogen (secondary N) is 1. The molecule has 0 unspecified atom stereocenters. The second-order valence-electron chi connectivity index (χ2n) is 7.48. The summed E-state index contributed by atoms with van der Waals surface area (Å²) in [6.45, 7) is 5.06. The van der Waals surface area contributed by atoms with Gasteiger partial charge in [-0.15, -0.1) is 17.0 Å². The molecule has 2 aromatic carbocycles. The Morgan fingerprint density at radius 1 is 1.00 bits per heavy atom. The van der Waals surface area contributed by atoms with Gasteiger partial charge in [0.15, 0.2) is 6.54 Å². The molecule has 27 heavy (non-hydrogen) atoms. The number of para-hydroxylation sites is 1. The van der Waals surface area contributed by atoms with Crippen molar-refractivity contribution in [2.45, 2.75) is 39.2 Å². The van der Waals surface area contributed by atoms with Gasteiger partial charge in [-0.3, -0.25) is 4.79 Å². The zero-order valence-corrected chi connectivity index (χ0v) is 17.6. The van der Waals surface area contributed by atoms with Crippen molar-refractivity contribution in [1.82, 2.24) is 0 Å². The van der Waals surface area contributed by atoms with Crippen molar-refractivity contribution in [1.29, 1.82) is 0 Å². The topological polar surface area (TPSA) is 29.1 Å². The fourth-order valence-electron chi connectivity index (χ4n) is 3.98. The molecule has 1 aliphatic heterocycles. The first kappa shape index (κ1) is 21.6. The standard InChI is InChI=1S/C22H27FN2O.BrH/c1-18-10-9-13-20(23)22(18)24-21(26)17-25(14-7-2-3-8-15-25)16-19-11-5-4-6-12-19;/h4-6,9-13H,2-3,7-8,14-17H2,1H3;1H/p+1. The molecular formula is C22H29BrFN2O+. The van der Waals surface area contributed by atoms with Crippen LogP contribution in [0.1, 0.15) is 36.8 Å². The number of hydrogen-bond acceptors (Lipinski definition) is 1. The molecule has 1 heterocycles. The number of benzene rings is 2. The summed E-state index contributed by atoms with van der Waals surface area (Å²) < 4.78 is 14.8. The number of likely N-dealkylation sites (tertiary alicyclic amines) is 1. The number of hydrogen-bond donors (Lipinski definition) is 1. The number of rotatable bonds is 5. The van der Waals surface area contributed by atoms with Crippen molar-refractivity contribution in [2.75, 3.05) is 25.0 Å². The number of nitrogens with zero attached hydrogens (tertiary/aromatic N) is 1. The largest absolute Gasteiger partial charge is 0.318 e. The fourth-order valence-corrected chi connectivity index (χ4v) is 3.98. The van der Waals surface area contributed by atoms with Gasteiger partial charge in [-0.2, -0.15) is 0 Å². The van der Waals surface area contributed by atoms with E-state index < -0.39 is 0 Å². The molecule has 1 aliphatic rings. The molecule has 0 spiro atoms. The molecule has 3 nitrogen and oxygen atoms in total. The number of aryl methyl sites for hydroxylation is 1. The van der Waals surface area contributed by atoms with Crippen LogP contribution >= 0.6 is 17.0 Å². The van der Waals surface area contributed by atoms with Gasteiger partial charge >= 0.3 is 0 Å². The van der Waals surface area contributed by atoms with Crippen molar-refractivity contribution in [3.8, 4) is 0 Å². The molecule has 0 bridgehead atoms. The van der Waals surface area contributed by atoms with Crippen LogP contribution in [0, 0.1) is 12.7 Å². The van der Waals surface area contributed by atoms with Crippen LogP contribution in [0.25, 0.3) is 0 Å². The monoisotopic (exact) mass is 435 g/mol. The minimum Gasteiger partial charge on any atom is -0.318 e. The highest BCUT2D eigenvalue weighted by molar-refractivity contribution is 8.93. The first-order chi connectivity index (χ1) is 12.6. The third-order valence-electron chi connectivity index (χ3n) is 5.34. The summed E-state index contributed by atoms with van der Waals surface area (Å²) in [5.74, 6) is -0.472. The van der Waals surface area contributed by atoms with E-state index in [0.29, 0.717) is 12.2 Å². The lowest BCUT2D eigenvalue weighted by Gasteiger charge is -2.37. The van der Waals surface area contributed by atoms with Crippen molar-refractivity contribution >= 4 is 28.6 Å². The molecule has 2 aromatic rings. The van der Waals surface area contributed by atoms with E-state index >= 15 is 0 Å². The Bertz CT molecular complexity index is 723. The van der Waals surface area contributed by atoms with Crippen LogP contribution in [-0.4, -0.2) is 30.0 Å². The summed E-state index contributed by atoms with van der Waals surface area (Å²) in [6.07, 6.45) is 4.73. The Kier molecular flexibility index (Phi) is 7.99. The molecule has 1 N–H and O–H groups in total. The van der Waals surface area contributed by atoms with Crippen LogP contribution in [0.5, 0.6) is 0 Å². The van der Waals surface area contributed by atoms with Crippen LogP contribution in [-0.2, 0) is 11.3 Å². The van der Waals surface area contributed by atoms with Gasteiger partial charge < -0.3 is 9.80 Å². The molecule has 1 fully saturated rings. The highest BCUT2D eigenvalue weighted by atomic mass is 79.9. The first-order valence-electron chi connectivity index (χ1n) is 9.52. The smallest absolute Gasteiger partial charge is 0.279 e. The fraction of sp³-hybridized carbons (Fsp3) is 0.409. The van der Waals surface area contributed by atoms with E-state index in [0.717, 1.165) is 42.5 Å². The Balaban J connectivity index is 0.00000261. The Morgan fingerprint density at radius 2 is 1.67 bits per heavy atom. The van der Waals surface area contributed by atoms with Gasteiger partial charge in [0.05, 0.1) is 18.8 Å². The molecule has 1 saturated heterocycles. The zero-order chi connectivity index (χ0) is 18.4. The number of halogens is 2. The maximum Gasteiger partial charge on any atom is 0.279 e. The van der Waals surface area contributed by atoms with Gasteiger partial charge in [-0.1, -0.05) is 42.5 Å². The Hall–Kier alpha value is -1.72. The van der Waals surface area contributed by atoms with Gasteiger partial charge in [-0.05, 0) is 44.2 Å². The maximum absolute atomic E-state index is 14.1. The Morgan fingerprint density at radius 3 is 2.30 bits per heavy atom. The average Bonchev–Trinajstić information content (AvgIpc) is 2.85. The normalized spacial score (nSPS) is 16.1. The molecular weight excluding hydrogens is 407 g/mol. The summed E-state index contributed by atoms with van der Waals surface area (Å²) in [6, 6.07) is 15.2. The van der Waals surface area contributed by atoms with E-state index in [2.05, 4.69) is 17.4 Å². The van der Waals surface area contributed by atoms with Crippen LogP contribution in [0.15, 0.2) is 48.5 Å². The number of quaternary nitrogens is 1. The lowest BCUT2D eigenvalue weighted by atomic mass is 10.1. The van der Waals surface area contributed by atoms with Crippen LogP contribution in [0.3, 0.4) is 0 Å². The van der Waals surface area contributed by atoms with E-state index in [9.17, 15) is 9.18 Å². The minimum atomic E-state index is -0.371. The van der Waals surface area contributed by atoms with Crippen molar-refractivity contribution in [3.05, 3.63) is 65.5 Å². The van der Waals surface area contributed by atoms with Gasteiger partial charge in [-0.25, -0.2) is 4.39 Å². The summed E-state index contributed by atoms with van der Waals surface area (Å²) >= 11 is 0. The van der Waals surface area contributed by atoms with Gasteiger partial charge in [0, 0.05) is 5.56 Å². The van der Waals surface area contributed by atoms with Crippen molar-refractivity contribution in [2.24, 2.45) is 0 Å². The third-order valence-corrected chi connectivity index (χ3v) is 5.34. The quantitative estimate of drug-likeness (QED) is 0.638. The zero-order valence-electron chi connectivity index (χ0n) is 15.9. The van der Waals surface area contributed by atoms with Crippen LogP contribution < -0.4 is 5.32 Å². The molecule has 0 aliphatic carbocycles. The van der Waals surface area contributed by atoms with Crippen molar-refractivity contribution < 1.29 is 13.7 Å². The summed E-state index contributed by atoms with van der Waals surface area (Å²) in [7, 11) is 0. The summed E-state index contributed by atoms with van der Waals surface area (Å²) in [5, 5.41) is 2.83. The highest BCUT2D eigenvalue weighted by Gasteiger charge is 2.32. The first-order valence-corrected chi connectivity index (χ1v) is 9.52. The molecule has 0 saturated carbocycles. The predicted molar refractivity (Wildman–Crippen MR) is 114 cm³/mol. The van der Waals surface area contributed by atoms with Crippen molar-refractivity contribution in [3.63, 3.8) is 0 Å². The van der Waals surface area contributed by atoms with E-state index in [4.69, 9.17) is 0 Å². The third kappa shape index (κ3) is 5.88. The summed E-state index contributed by atoms with van der Waals surface area (Å²) in [4.78, 5) is 12.8. The number of carbonyl (C=O) groups is 1. The minimum absolute atomic E-state index is 0. The molecule has 146 valence electrons. The maximum atomic E-state index is 14.1. The Labute approximate surface area is 171 Å². The van der Waals surface area contributed by atoms with Crippen LogP contribution in [0.4, 0.5) is 10.1 Å². The number of carbonyl (C=O) groups excluding carboxylic acids is 1. The second kappa shape index (κ2) is 10.00. The number of amides is 1. The predicted octanol–water partition coefficient (Wildman–Crippen LogP) is 5.24. The van der Waals surface area contributed by atoms with Crippen LogP contribution in [0.2, 0.25) is 0 Å². The number of anilines is 1. The average molecular weight is 436 g/mol. The molecule has 0 atom stereocenters. The molecule has 5 heteroatoms. The van der Waals surface area contributed by atoms with Gasteiger partial charge in [0.25, 0.3) is 5.91 Å². The second-order valence-corrected chi connectivity index (χ2v) is 7.48. The van der Waals surface area contributed by atoms with Gasteiger partial charge in [0.2, 0.25) is 0 Å². The lowest BCUT2D eigenvalue weighted by Crippen LogP contribution is -2.52. The lowest BCUT2D eigenvalue weighted by molar-refractivity contribution is -0.932. The molecule has 1 amide bonds. The molecule has 0 aromatic heterocycles. The SMILES string of the molecule is Br.Cc1cccc(F)c1NC(=O)C[N+]1(Cc2ccccc2)CCCCCC1. The molecule has 3 rings (SSSR count). The summed E-state index contributed by atoms with van der Waals surface area (Å²) in [5.41, 5.74) is 2.32.